The topological polar surface area (TPSA) is 93.6 Å². The second-order valence-corrected chi connectivity index (χ2v) is 6.85. The lowest BCUT2D eigenvalue weighted by Gasteiger charge is -2.12. The molecule has 1 heterocycles. The quantitative estimate of drug-likeness (QED) is 0.454. The SMILES string of the molecule is COc1cc2ncnc(NCCCCCCCCCCC(=O)O)c2cc1OC. The van der Waals surface area contributed by atoms with E-state index in [1.54, 1.807) is 20.5 Å². The molecule has 0 aliphatic carbocycles. The Labute approximate surface area is 166 Å². The summed E-state index contributed by atoms with van der Waals surface area (Å²) in [5.74, 6) is 1.43. The van der Waals surface area contributed by atoms with Crippen LogP contribution in [-0.2, 0) is 4.79 Å². The summed E-state index contributed by atoms with van der Waals surface area (Å²) in [4.78, 5) is 19.1. The molecule has 0 fully saturated rings. The van der Waals surface area contributed by atoms with Gasteiger partial charge in [0.25, 0.3) is 0 Å². The summed E-state index contributed by atoms with van der Waals surface area (Å²) in [6.07, 6.45) is 10.6. The van der Waals surface area contributed by atoms with Crippen LogP contribution in [0, 0.1) is 0 Å². The van der Waals surface area contributed by atoms with Crippen LogP contribution in [-0.4, -0.2) is 41.8 Å². The van der Waals surface area contributed by atoms with Gasteiger partial charge in [-0.2, -0.15) is 0 Å². The molecule has 0 unspecified atom stereocenters. The van der Waals surface area contributed by atoms with E-state index in [0.29, 0.717) is 17.9 Å². The highest BCUT2D eigenvalue weighted by Crippen LogP contribution is 2.33. The first kappa shape index (κ1) is 21.7. The fraction of sp³-hybridized carbons (Fsp3) is 0.571. The fourth-order valence-corrected chi connectivity index (χ4v) is 3.19. The number of fused-ring (bicyclic) bond motifs is 1. The van der Waals surface area contributed by atoms with Crippen molar-refractivity contribution in [1.29, 1.82) is 0 Å². The van der Waals surface area contributed by atoms with E-state index in [0.717, 1.165) is 48.9 Å². The minimum Gasteiger partial charge on any atom is -0.493 e. The number of nitrogens with one attached hydrogen (secondary N) is 1. The molecule has 0 amide bonds. The third kappa shape index (κ3) is 6.87. The van der Waals surface area contributed by atoms with Crippen molar-refractivity contribution in [2.75, 3.05) is 26.1 Å². The fourth-order valence-electron chi connectivity index (χ4n) is 3.19. The van der Waals surface area contributed by atoms with E-state index in [4.69, 9.17) is 14.6 Å². The lowest BCUT2D eigenvalue weighted by molar-refractivity contribution is -0.137. The van der Waals surface area contributed by atoms with Crippen LogP contribution in [0.5, 0.6) is 11.5 Å². The Balaban J connectivity index is 1.69. The number of anilines is 1. The van der Waals surface area contributed by atoms with Crippen molar-refractivity contribution in [3.8, 4) is 11.5 Å². The number of rotatable bonds is 14. The van der Waals surface area contributed by atoms with Gasteiger partial charge in [0.2, 0.25) is 0 Å². The molecule has 1 aromatic heterocycles. The van der Waals surface area contributed by atoms with E-state index in [1.165, 1.54) is 25.7 Å². The van der Waals surface area contributed by atoms with Crippen LogP contribution in [0.25, 0.3) is 10.9 Å². The molecule has 7 nitrogen and oxygen atoms in total. The number of unbranched alkanes of at least 4 members (excludes halogenated alkanes) is 7. The molecule has 0 spiro atoms. The van der Waals surface area contributed by atoms with Gasteiger partial charge in [0.1, 0.15) is 12.1 Å². The highest BCUT2D eigenvalue weighted by atomic mass is 16.5. The first-order valence-corrected chi connectivity index (χ1v) is 9.98. The summed E-state index contributed by atoms with van der Waals surface area (Å²) >= 11 is 0. The van der Waals surface area contributed by atoms with Gasteiger partial charge in [0, 0.05) is 24.4 Å². The van der Waals surface area contributed by atoms with Crippen molar-refractivity contribution in [3.05, 3.63) is 18.5 Å². The molecule has 2 N–H and O–H groups in total. The lowest BCUT2D eigenvalue weighted by Crippen LogP contribution is -2.04. The molecule has 28 heavy (non-hydrogen) atoms. The highest BCUT2D eigenvalue weighted by Gasteiger charge is 2.10. The van der Waals surface area contributed by atoms with Gasteiger partial charge >= 0.3 is 5.97 Å². The molecular formula is C21H31N3O4. The number of nitrogens with zero attached hydrogens (tertiary/aromatic N) is 2. The molecule has 0 bridgehead atoms. The van der Waals surface area contributed by atoms with Gasteiger partial charge in [-0.3, -0.25) is 4.79 Å². The van der Waals surface area contributed by atoms with Gasteiger partial charge in [-0.1, -0.05) is 38.5 Å². The molecule has 2 aromatic rings. The number of methoxy groups -OCH3 is 2. The Morgan fingerprint density at radius 3 is 2.18 bits per heavy atom. The maximum absolute atomic E-state index is 10.4. The molecule has 0 atom stereocenters. The number of carboxylic acids is 1. The molecule has 2 rings (SSSR count). The van der Waals surface area contributed by atoms with Gasteiger partial charge in [-0.15, -0.1) is 0 Å². The van der Waals surface area contributed by atoms with Crippen molar-refractivity contribution in [1.82, 2.24) is 9.97 Å². The smallest absolute Gasteiger partial charge is 0.303 e. The average Bonchev–Trinajstić information content (AvgIpc) is 2.70. The third-order valence-electron chi connectivity index (χ3n) is 4.75. The summed E-state index contributed by atoms with van der Waals surface area (Å²) in [5, 5.41) is 12.9. The van der Waals surface area contributed by atoms with Crippen LogP contribution < -0.4 is 14.8 Å². The van der Waals surface area contributed by atoms with Crippen molar-refractivity contribution in [3.63, 3.8) is 0 Å². The Morgan fingerprint density at radius 1 is 0.929 bits per heavy atom. The Morgan fingerprint density at radius 2 is 1.54 bits per heavy atom. The van der Waals surface area contributed by atoms with Crippen LogP contribution in [0.15, 0.2) is 18.5 Å². The lowest BCUT2D eigenvalue weighted by atomic mass is 10.1. The predicted molar refractivity (Wildman–Crippen MR) is 110 cm³/mol. The molecule has 1 aromatic carbocycles. The normalized spacial score (nSPS) is 10.8. The van der Waals surface area contributed by atoms with Crippen molar-refractivity contribution >= 4 is 22.7 Å². The third-order valence-corrected chi connectivity index (χ3v) is 4.75. The zero-order chi connectivity index (χ0) is 20.2. The first-order valence-electron chi connectivity index (χ1n) is 9.98. The van der Waals surface area contributed by atoms with Crippen LogP contribution in [0.3, 0.4) is 0 Å². The zero-order valence-corrected chi connectivity index (χ0v) is 16.9. The molecule has 0 saturated heterocycles. The molecule has 0 aliphatic heterocycles. The molecule has 0 aliphatic rings. The number of hydrogen-bond donors (Lipinski definition) is 2. The Bertz CT molecular complexity index is 752. The zero-order valence-electron chi connectivity index (χ0n) is 16.9. The number of carboxylic acid groups (broad SMARTS) is 1. The van der Waals surface area contributed by atoms with Crippen LogP contribution in [0.2, 0.25) is 0 Å². The Hall–Kier alpha value is -2.57. The number of hydrogen-bond acceptors (Lipinski definition) is 6. The van der Waals surface area contributed by atoms with Crippen LogP contribution in [0.1, 0.15) is 57.8 Å². The van der Waals surface area contributed by atoms with E-state index < -0.39 is 5.97 Å². The maximum Gasteiger partial charge on any atom is 0.303 e. The first-order chi connectivity index (χ1) is 13.7. The van der Waals surface area contributed by atoms with Gasteiger partial charge in [-0.05, 0) is 18.9 Å². The summed E-state index contributed by atoms with van der Waals surface area (Å²) < 4.78 is 10.7. The monoisotopic (exact) mass is 389 g/mol. The van der Waals surface area contributed by atoms with Gasteiger partial charge in [-0.25, -0.2) is 9.97 Å². The number of benzene rings is 1. The predicted octanol–water partition coefficient (Wildman–Crippen LogP) is 4.65. The second-order valence-electron chi connectivity index (χ2n) is 6.85. The maximum atomic E-state index is 10.4. The van der Waals surface area contributed by atoms with E-state index >= 15 is 0 Å². The number of aromatic nitrogens is 2. The van der Waals surface area contributed by atoms with Crippen molar-refractivity contribution in [2.45, 2.75) is 57.8 Å². The van der Waals surface area contributed by atoms with E-state index in [1.807, 2.05) is 12.1 Å². The van der Waals surface area contributed by atoms with E-state index in [-0.39, 0.29) is 0 Å². The highest BCUT2D eigenvalue weighted by molar-refractivity contribution is 5.91. The largest absolute Gasteiger partial charge is 0.493 e. The van der Waals surface area contributed by atoms with Crippen molar-refractivity contribution < 1.29 is 19.4 Å². The molecule has 154 valence electrons. The van der Waals surface area contributed by atoms with Gasteiger partial charge in [0.05, 0.1) is 19.7 Å². The summed E-state index contributed by atoms with van der Waals surface area (Å²) in [5.41, 5.74) is 0.818. The number of aliphatic carboxylic acids is 1. The molecule has 7 heteroatoms. The summed E-state index contributed by atoms with van der Waals surface area (Å²) in [7, 11) is 3.23. The summed E-state index contributed by atoms with van der Waals surface area (Å²) in [6.45, 7) is 0.860. The standard InChI is InChI=1S/C21H31N3O4/c1-27-18-13-16-17(14-19(18)28-2)23-15-24-21(16)22-12-10-8-6-4-3-5-7-9-11-20(25)26/h13-15H,3-12H2,1-2H3,(H,25,26)(H,22,23,24). The molecule has 0 radical (unpaired) electrons. The van der Waals surface area contributed by atoms with Crippen LogP contribution >= 0.6 is 0 Å². The van der Waals surface area contributed by atoms with Crippen molar-refractivity contribution in [2.24, 2.45) is 0 Å². The average molecular weight is 389 g/mol. The van der Waals surface area contributed by atoms with Crippen LogP contribution in [0.4, 0.5) is 5.82 Å². The van der Waals surface area contributed by atoms with E-state index in [9.17, 15) is 4.79 Å². The molecular weight excluding hydrogens is 358 g/mol. The van der Waals surface area contributed by atoms with Gasteiger partial charge in [0.15, 0.2) is 11.5 Å². The van der Waals surface area contributed by atoms with E-state index in [2.05, 4.69) is 15.3 Å². The number of carbonyl (C=O) groups is 1. The number of ether oxygens (including phenoxy) is 2. The Kier molecular flexibility index (Phi) is 9.31. The second kappa shape index (κ2) is 12.0. The summed E-state index contributed by atoms with van der Waals surface area (Å²) in [6, 6.07) is 3.76. The molecule has 0 saturated carbocycles. The van der Waals surface area contributed by atoms with Gasteiger partial charge < -0.3 is 19.9 Å². The minimum absolute atomic E-state index is 0.294. The minimum atomic E-state index is -0.693.